The number of ether oxygens (including phenoxy) is 2. The molecule has 7 heteroatoms. The number of rotatable bonds is 6. The van der Waals surface area contributed by atoms with Crippen molar-refractivity contribution in [1.82, 2.24) is 10.6 Å². The first-order valence-corrected chi connectivity index (χ1v) is 10.5. The van der Waals surface area contributed by atoms with E-state index in [-0.39, 0.29) is 12.1 Å². The molecule has 0 saturated heterocycles. The van der Waals surface area contributed by atoms with Gasteiger partial charge < -0.3 is 14.8 Å². The van der Waals surface area contributed by atoms with Gasteiger partial charge in [0, 0.05) is 5.54 Å². The van der Waals surface area contributed by atoms with Gasteiger partial charge in [-0.2, -0.15) is 0 Å². The van der Waals surface area contributed by atoms with Gasteiger partial charge in [0.15, 0.2) is 6.61 Å². The number of imide groups is 1. The van der Waals surface area contributed by atoms with Crippen LogP contribution in [0.4, 0.5) is 4.79 Å². The van der Waals surface area contributed by atoms with Crippen LogP contribution >= 0.6 is 0 Å². The molecule has 0 atom stereocenters. The largest absolute Gasteiger partial charge is 0.484 e. The van der Waals surface area contributed by atoms with Crippen LogP contribution in [0, 0.1) is 17.8 Å². The molecule has 2 N–H and O–H groups in total. The Kier molecular flexibility index (Phi) is 5.48. The third-order valence-electron chi connectivity index (χ3n) is 6.41. The number of hydrogen-bond donors (Lipinski definition) is 2. The van der Waals surface area contributed by atoms with E-state index in [1.165, 1.54) is 19.3 Å². The molecule has 4 aliphatic rings. The normalized spacial score (nSPS) is 29.2. The number of hydrogen-bond acceptors (Lipinski definition) is 5. The zero-order valence-corrected chi connectivity index (χ0v) is 16.7. The highest BCUT2D eigenvalue weighted by Gasteiger charge is 2.51. The zero-order chi connectivity index (χ0) is 20.4. The predicted octanol–water partition coefficient (Wildman–Crippen LogP) is 3.04. The molecule has 29 heavy (non-hydrogen) atoms. The summed E-state index contributed by atoms with van der Waals surface area (Å²) in [7, 11) is 0. The molecule has 4 fully saturated rings. The molecule has 1 aromatic rings. The lowest BCUT2D eigenvalue weighted by molar-refractivity contribution is -0.122. The summed E-state index contributed by atoms with van der Waals surface area (Å²) in [4.78, 5) is 36.1. The Balaban J connectivity index is 1.24. The molecule has 0 spiro atoms. The van der Waals surface area contributed by atoms with E-state index in [0.717, 1.165) is 37.0 Å². The van der Waals surface area contributed by atoms with Gasteiger partial charge in [-0.1, -0.05) is 0 Å². The van der Waals surface area contributed by atoms with E-state index in [9.17, 15) is 14.4 Å². The first kappa shape index (κ1) is 19.7. The molecule has 0 aromatic heterocycles. The van der Waals surface area contributed by atoms with E-state index in [0.29, 0.717) is 17.9 Å². The molecule has 0 radical (unpaired) electrons. The van der Waals surface area contributed by atoms with E-state index >= 15 is 0 Å². The van der Waals surface area contributed by atoms with Gasteiger partial charge in [-0.15, -0.1) is 0 Å². The van der Waals surface area contributed by atoms with Crippen LogP contribution in [0.2, 0.25) is 0 Å². The van der Waals surface area contributed by atoms with Crippen LogP contribution in [0.15, 0.2) is 24.3 Å². The van der Waals surface area contributed by atoms with Crippen LogP contribution in [0.5, 0.6) is 5.75 Å². The van der Waals surface area contributed by atoms with Crippen molar-refractivity contribution in [2.24, 2.45) is 17.8 Å². The summed E-state index contributed by atoms with van der Waals surface area (Å²) < 4.78 is 10.3. The number of carbonyl (C=O) groups excluding carboxylic acids is 3. The van der Waals surface area contributed by atoms with Crippen LogP contribution in [-0.4, -0.2) is 36.7 Å². The number of amides is 3. The van der Waals surface area contributed by atoms with Crippen molar-refractivity contribution < 1.29 is 23.9 Å². The van der Waals surface area contributed by atoms with E-state index in [1.807, 2.05) is 0 Å². The summed E-state index contributed by atoms with van der Waals surface area (Å²) >= 11 is 0. The van der Waals surface area contributed by atoms with Crippen molar-refractivity contribution in [1.29, 1.82) is 0 Å². The topological polar surface area (TPSA) is 93.7 Å². The highest BCUT2D eigenvalue weighted by Crippen LogP contribution is 2.55. The lowest BCUT2D eigenvalue weighted by atomic mass is 9.53. The van der Waals surface area contributed by atoms with Gasteiger partial charge in [-0.25, -0.2) is 9.59 Å². The van der Waals surface area contributed by atoms with Crippen molar-refractivity contribution in [2.45, 2.75) is 51.0 Å². The summed E-state index contributed by atoms with van der Waals surface area (Å²) in [5, 5.41) is 5.49. The number of carbonyl (C=O) groups is 3. The third kappa shape index (κ3) is 4.54. The van der Waals surface area contributed by atoms with E-state index in [2.05, 4.69) is 10.6 Å². The fourth-order valence-electron chi connectivity index (χ4n) is 5.75. The first-order chi connectivity index (χ1) is 13.9. The summed E-state index contributed by atoms with van der Waals surface area (Å²) in [6.45, 7) is 1.78. The average Bonchev–Trinajstić information content (AvgIpc) is 2.65. The molecule has 156 valence electrons. The highest BCUT2D eigenvalue weighted by molar-refractivity contribution is 5.95. The van der Waals surface area contributed by atoms with Crippen LogP contribution in [0.3, 0.4) is 0 Å². The average molecular weight is 400 g/mol. The minimum Gasteiger partial charge on any atom is -0.484 e. The summed E-state index contributed by atoms with van der Waals surface area (Å²) in [5.41, 5.74) is 0.279. The van der Waals surface area contributed by atoms with E-state index in [1.54, 1.807) is 31.2 Å². The zero-order valence-electron chi connectivity index (χ0n) is 16.7. The van der Waals surface area contributed by atoms with Crippen LogP contribution in [0.25, 0.3) is 0 Å². The van der Waals surface area contributed by atoms with Gasteiger partial charge in [-0.3, -0.25) is 10.1 Å². The number of nitrogens with one attached hydrogen (secondary N) is 2. The smallest absolute Gasteiger partial charge is 0.338 e. The fraction of sp³-hybridized carbons (Fsp3) is 0.591. The second kappa shape index (κ2) is 8.05. The van der Waals surface area contributed by atoms with Crippen molar-refractivity contribution in [2.75, 3.05) is 13.2 Å². The second-order valence-electron chi connectivity index (χ2n) is 8.73. The van der Waals surface area contributed by atoms with Crippen molar-refractivity contribution in [3.8, 4) is 5.75 Å². The van der Waals surface area contributed by atoms with Gasteiger partial charge in [0.05, 0.1) is 12.2 Å². The van der Waals surface area contributed by atoms with Crippen molar-refractivity contribution in [3.05, 3.63) is 29.8 Å². The molecule has 0 aliphatic heterocycles. The fourth-order valence-corrected chi connectivity index (χ4v) is 5.75. The Morgan fingerprint density at radius 3 is 2.14 bits per heavy atom. The predicted molar refractivity (Wildman–Crippen MR) is 105 cm³/mol. The molecule has 4 saturated carbocycles. The summed E-state index contributed by atoms with van der Waals surface area (Å²) in [6, 6.07) is 5.90. The molecular formula is C22H28N2O5. The molecule has 3 amide bonds. The monoisotopic (exact) mass is 400 g/mol. The number of benzene rings is 1. The molecule has 0 heterocycles. The SMILES string of the molecule is CCOC(=O)c1ccc(OCC(=O)NC(=O)NC23CC4CC(CC(C4)C2)C3)cc1. The third-order valence-corrected chi connectivity index (χ3v) is 6.41. The quantitative estimate of drug-likeness (QED) is 0.716. The van der Waals surface area contributed by atoms with Crippen LogP contribution in [-0.2, 0) is 9.53 Å². The Hall–Kier alpha value is -2.57. The Morgan fingerprint density at radius 1 is 1.00 bits per heavy atom. The molecule has 4 bridgehead atoms. The standard InChI is InChI=1S/C22H28N2O5/c1-2-28-20(26)17-3-5-18(6-4-17)29-13-19(25)23-21(27)24-22-10-14-7-15(11-22)9-16(8-14)12-22/h3-6,14-16H,2,7-13H2,1H3,(H2,23,24,25,27). The molecule has 1 aromatic carbocycles. The maximum Gasteiger partial charge on any atom is 0.338 e. The molecule has 5 rings (SSSR count). The van der Waals surface area contributed by atoms with E-state index < -0.39 is 17.9 Å². The number of esters is 1. The van der Waals surface area contributed by atoms with Crippen molar-refractivity contribution in [3.63, 3.8) is 0 Å². The van der Waals surface area contributed by atoms with Gasteiger partial charge in [0.2, 0.25) is 0 Å². The number of urea groups is 1. The molecule has 7 nitrogen and oxygen atoms in total. The molecule has 0 unspecified atom stereocenters. The lowest BCUT2D eigenvalue weighted by Crippen LogP contribution is -2.62. The van der Waals surface area contributed by atoms with Gasteiger partial charge >= 0.3 is 12.0 Å². The highest BCUT2D eigenvalue weighted by atomic mass is 16.5. The van der Waals surface area contributed by atoms with E-state index in [4.69, 9.17) is 9.47 Å². The Morgan fingerprint density at radius 2 is 1.59 bits per heavy atom. The molecule has 4 aliphatic carbocycles. The van der Waals surface area contributed by atoms with Gasteiger partial charge in [0.25, 0.3) is 5.91 Å². The molecular weight excluding hydrogens is 372 g/mol. The lowest BCUT2D eigenvalue weighted by Gasteiger charge is -2.56. The van der Waals surface area contributed by atoms with Gasteiger partial charge in [0.1, 0.15) is 5.75 Å². The maximum absolute atomic E-state index is 12.4. The first-order valence-electron chi connectivity index (χ1n) is 10.5. The minimum atomic E-state index is -0.498. The van der Waals surface area contributed by atoms with Gasteiger partial charge in [-0.05, 0) is 87.5 Å². The van der Waals surface area contributed by atoms with Crippen LogP contribution in [0.1, 0.15) is 55.8 Å². The Bertz CT molecular complexity index is 754. The minimum absolute atomic E-state index is 0.136. The summed E-state index contributed by atoms with van der Waals surface area (Å²) in [5.74, 6) is 1.70. The van der Waals surface area contributed by atoms with Crippen LogP contribution < -0.4 is 15.4 Å². The van der Waals surface area contributed by atoms with Crippen molar-refractivity contribution >= 4 is 17.9 Å². The Labute approximate surface area is 170 Å². The summed E-state index contributed by atoms with van der Waals surface area (Å²) in [6.07, 6.45) is 6.98. The maximum atomic E-state index is 12.4. The second-order valence-corrected chi connectivity index (χ2v) is 8.73.